The van der Waals surface area contributed by atoms with Crippen LogP contribution in [0.15, 0.2) is 0 Å². The van der Waals surface area contributed by atoms with Crippen LogP contribution in [0.3, 0.4) is 0 Å². The summed E-state index contributed by atoms with van der Waals surface area (Å²) in [6, 6.07) is -0.386. The molecular weight excluding hydrogens is 228 g/mol. The third kappa shape index (κ3) is 3.12. The number of ether oxygens (including phenoxy) is 1. The summed E-state index contributed by atoms with van der Waals surface area (Å²) in [7, 11) is 0. The lowest BCUT2D eigenvalue weighted by Crippen LogP contribution is -2.29. The third-order valence-corrected chi connectivity index (χ3v) is 2.94. The maximum absolute atomic E-state index is 12.0. The van der Waals surface area contributed by atoms with Gasteiger partial charge in [0, 0.05) is 5.69 Å². The predicted octanol–water partition coefficient (Wildman–Crippen LogP) is 2.97. The van der Waals surface area contributed by atoms with Gasteiger partial charge < -0.3 is 4.74 Å². The Bertz CT molecular complexity index is 441. The number of aromatic nitrogens is 2. The SMILES string of the molecule is CCc1c(C)nn(C(C)C(=O)OC(C)(C)C)c1C. The summed E-state index contributed by atoms with van der Waals surface area (Å²) in [5.41, 5.74) is 2.79. The van der Waals surface area contributed by atoms with E-state index in [9.17, 15) is 4.79 Å². The van der Waals surface area contributed by atoms with Gasteiger partial charge in [-0.3, -0.25) is 4.68 Å². The minimum atomic E-state index is -0.463. The monoisotopic (exact) mass is 252 g/mol. The quantitative estimate of drug-likeness (QED) is 0.777. The summed E-state index contributed by atoms with van der Waals surface area (Å²) < 4.78 is 7.16. The smallest absolute Gasteiger partial charge is 0.331 e. The van der Waals surface area contributed by atoms with Crippen LogP contribution in [0, 0.1) is 13.8 Å². The lowest BCUT2D eigenvalue weighted by molar-refractivity contribution is -0.158. The van der Waals surface area contributed by atoms with Gasteiger partial charge in [0.1, 0.15) is 11.6 Å². The number of carbonyl (C=O) groups excluding carboxylic acids is 1. The van der Waals surface area contributed by atoms with Gasteiger partial charge >= 0.3 is 5.97 Å². The van der Waals surface area contributed by atoms with Gasteiger partial charge in [0.2, 0.25) is 0 Å². The summed E-state index contributed by atoms with van der Waals surface area (Å²) >= 11 is 0. The molecule has 0 N–H and O–H groups in total. The molecule has 1 unspecified atom stereocenters. The van der Waals surface area contributed by atoms with Crippen molar-refractivity contribution in [1.29, 1.82) is 0 Å². The van der Waals surface area contributed by atoms with Crippen molar-refractivity contribution in [2.45, 2.75) is 66.5 Å². The Hall–Kier alpha value is -1.32. The van der Waals surface area contributed by atoms with Gasteiger partial charge in [-0.15, -0.1) is 0 Å². The average molecular weight is 252 g/mol. The number of carbonyl (C=O) groups is 1. The van der Waals surface area contributed by atoms with Crippen molar-refractivity contribution in [3.63, 3.8) is 0 Å². The average Bonchev–Trinajstić information content (AvgIpc) is 2.50. The molecule has 0 amide bonds. The molecule has 0 aliphatic rings. The fraction of sp³-hybridized carbons (Fsp3) is 0.714. The van der Waals surface area contributed by atoms with Crippen LogP contribution in [0.4, 0.5) is 0 Å². The maximum atomic E-state index is 12.0. The highest BCUT2D eigenvalue weighted by Crippen LogP contribution is 2.20. The largest absolute Gasteiger partial charge is 0.458 e. The highest BCUT2D eigenvalue weighted by atomic mass is 16.6. The first-order chi connectivity index (χ1) is 8.17. The van der Waals surface area contributed by atoms with Crippen molar-refractivity contribution < 1.29 is 9.53 Å². The molecule has 0 spiro atoms. The molecule has 0 aliphatic carbocycles. The molecular formula is C14H24N2O2. The van der Waals surface area contributed by atoms with Crippen molar-refractivity contribution in [1.82, 2.24) is 9.78 Å². The van der Waals surface area contributed by atoms with Gasteiger partial charge in [-0.1, -0.05) is 6.92 Å². The molecule has 0 radical (unpaired) electrons. The molecule has 1 atom stereocenters. The first kappa shape index (κ1) is 14.7. The Labute approximate surface area is 109 Å². The molecule has 1 aromatic heterocycles. The Balaban J connectivity index is 2.97. The lowest BCUT2D eigenvalue weighted by atomic mass is 10.1. The summed E-state index contributed by atoms with van der Waals surface area (Å²) in [5.74, 6) is -0.240. The summed E-state index contributed by atoms with van der Waals surface area (Å²) in [6.07, 6.45) is 0.929. The molecule has 4 nitrogen and oxygen atoms in total. The molecule has 0 saturated carbocycles. The zero-order valence-corrected chi connectivity index (χ0v) is 12.5. The minimum Gasteiger partial charge on any atom is -0.458 e. The molecule has 1 rings (SSSR count). The van der Waals surface area contributed by atoms with E-state index >= 15 is 0 Å². The molecule has 0 fully saturated rings. The van der Waals surface area contributed by atoms with Crippen molar-refractivity contribution in [3.05, 3.63) is 17.0 Å². The normalized spacial score (nSPS) is 13.5. The minimum absolute atomic E-state index is 0.240. The van der Waals surface area contributed by atoms with Crippen molar-refractivity contribution in [2.24, 2.45) is 0 Å². The Kier molecular flexibility index (Phi) is 4.20. The second-order valence-electron chi connectivity index (χ2n) is 5.66. The van der Waals surface area contributed by atoms with E-state index < -0.39 is 5.60 Å². The molecule has 0 bridgehead atoms. The maximum Gasteiger partial charge on any atom is 0.331 e. The second-order valence-corrected chi connectivity index (χ2v) is 5.66. The molecule has 1 aromatic rings. The molecule has 18 heavy (non-hydrogen) atoms. The fourth-order valence-electron chi connectivity index (χ4n) is 2.07. The van der Waals surface area contributed by atoms with Crippen molar-refractivity contribution in [2.75, 3.05) is 0 Å². The second kappa shape index (κ2) is 5.12. The van der Waals surface area contributed by atoms with E-state index in [-0.39, 0.29) is 12.0 Å². The zero-order chi connectivity index (χ0) is 14.1. The van der Waals surface area contributed by atoms with Gasteiger partial charge in [-0.25, -0.2) is 4.79 Å². The van der Waals surface area contributed by atoms with Gasteiger partial charge in [-0.2, -0.15) is 5.10 Å². The number of nitrogens with zero attached hydrogens (tertiary/aromatic N) is 2. The van der Waals surface area contributed by atoms with Gasteiger partial charge in [-0.05, 0) is 53.5 Å². The van der Waals surface area contributed by atoms with E-state index in [1.165, 1.54) is 5.56 Å². The molecule has 4 heteroatoms. The fourth-order valence-corrected chi connectivity index (χ4v) is 2.07. The van der Waals surface area contributed by atoms with E-state index in [0.29, 0.717) is 0 Å². The number of hydrogen-bond donors (Lipinski definition) is 0. The van der Waals surface area contributed by atoms with Crippen LogP contribution in [0.25, 0.3) is 0 Å². The van der Waals surface area contributed by atoms with E-state index in [1.807, 2.05) is 41.5 Å². The van der Waals surface area contributed by atoms with E-state index in [2.05, 4.69) is 12.0 Å². The van der Waals surface area contributed by atoms with Crippen LogP contribution in [-0.4, -0.2) is 21.4 Å². The third-order valence-electron chi connectivity index (χ3n) is 2.94. The van der Waals surface area contributed by atoms with Crippen molar-refractivity contribution >= 4 is 5.97 Å². The first-order valence-electron chi connectivity index (χ1n) is 6.44. The summed E-state index contributed by atoms with van der Waals surface area (Å²) in [5, 5.41) is 4.45. The summed E-state index contributed by atoms with van der Waals surface area (Å²) in [4.78, 5) is 12.0. The highest BCUT2D eigenvalue weighted by molar-refractivity contribution is 5.74. The zero-order valence-electron chi connectivity index (χ0n) is 12.5. The number of aryl methyl sites for hydroxylation is 1. The van der Waals surface area contributed by atoms with Crippen LogP contribution < -0.4 is 0 Å². The lowest BCUT2D eigenvalue weighted by Gasteiger charge is -2.23. The topological polar surface area (TPSA) is 44.1 Å². The molecule has 102 valence electrons. The molecule has 0 saturated heterocycles. The Morgan fingerprint density at radius 1 is 1.39 bits per heavy atom. The van der Waals surface area contributed by atoms with Crippen molar-refractivity contribution in [3.8, 4) is 0 Å². The molecule has 1 heterocycles. The predicted molar refractivity (Wildman–Crippen MR) is 71.6 cm³/mol. The number of esters is 1. The molecule has 0 aliphatic heterocycles. The van der Waals surface area contributed by atoms with Gasteiger partial charge in [0.25, 0.3) is 0 Å². The summed E-state index contributed by atoms with van der Waals surface area (Å²) in [6.45, 7) is 13.5. The van der Waals surface area contributed by atoms with E-state index in [4.69, 9.17) is 4.74 Å². The van der Waals surface area contributed by atoms with Gasteiger partial charge in [0.05, 0.1) is 5.69 Å². The molecule has 0 aromatic carbocycles. The van der Waals surface area contributed by atoms with Crippen LogP contribution in [0.1, 0.15) is 57.6 Å². The first-order valence-corrected chi connectivity index (χ1v) is 6.44. The highest BCUT2D eigenvalue weighted by Gasteiger charge is 2.25. The standard InChI is InChI=1S/C14H24N2O2/c1-8-12-9(2)15-16(10(12)3)11(4)13(17)18-14(5,6)7/h11H,8H2,1-7H3. The van der Waals surface area contributed by atoms with E-state index in [0.717, 1.165) is 17.8 Å². The Morgan fingerprint density at radius 3 is 2.33 bits per heavy atom. The van der Waals surface area contributed by atoms with Crippen LogP contribution in [-0.2, 0) is 16.0 Å². The van der Waals surface area contributed by atoms with Crippen LogP contribution in [0.2, 0.25) is 0 Å². The van der Waals surface area contributed by atoms with Crippen LogP contribution >= 0.6 is 0 Å². The van der Waals surface area contributed by atoms with E-state index in [1.54, 1.807) is 4.68 Å². The number of rotatable bonds is 3. The van der Waals surface area contributed by atoms with Gasteiger partial charge in [0.15, 0.2) is 0 Å². The van der Waals surface area contributed by atoms with Crippen LogP contribution in [0.5, 0.6) is 0 Å². The Morgan fingerprint density at radius 2 is 1.94 bits per heavy atom. The number of hydrogen-bond acceptors (Lipinski definition) is 3.